The van der Waals surface area contributed by atoms with E-state index >= 15 is 0 Å². The van der Waals surface area contributed by atoms with Crippen LogP contribution < -0.4 is 5.32 Å². The third-order valence-corrected chi connectivity index (χ3v) is 5.03. The van der Waals surface area contributed by atoms with E-state index in [2.05, 4.69) is 5.32 Å². The Balaban J connectivity index is 1.76. The number of hydrogen-bond donors (Lipinski definition) is 1. The first kappa shape index (κ1) is 14.9. The van der Waals surface area contributed by atoms with Crippen LogP contribution in [0.15, 0.2) is 54.4 Å². The number of carbonyl (C=O) groups is 3. The second-order valence-corrected chi connectivity index (χ2v) is 6.53. The zero-order valence-electron chi connectivity index (χ0n) is 13.7. The molecule has 1 unspecified atom stereocenters. The molecule has 6 nitrogen and oxygen atoms in total. The molecule has 1 atom stereocenters. The smallest absolute Gasteiger partial charge is 0.321 e. The number of hydrogen-bond acceptors (Lipinski definition) is 5. The molecule has 1 fully saturated rings. The maximum absolute atomic E-state index is 13.0. The van der Waals surface area contributed by atoms with Crippen LogP contribution in [0.2, 0.25) is 0 Å². The number of carbonyl (C=O) groups excluding carboxylic acids is 3. The minimum absolute atomic E-state index is 0.0165. The van der Waals surface area contributed by atoms with E-state index in [1.54, 1.807) is 11.0 Å². The van der Waals surface area contributed by atoms with Crippen molar-refractivity contribution in [2.75, 3.05) is 5.32 Å². The van der Waals surface area contributed by atoms with Gasteiger partial charge >= 0.3 is 11.9 Å². The van der Waals surface area contributed by atoms with Gasteiger partial charge in [0.15, 0.2) is 0 Å². The minimum Gasteiger partial charge on any atom is -0.393 e. The van der Waals surface area contributed by atoms with Crippen LogP contribution in [0.4, 0.5) is 5.69 Å². The number of para-hydroxylation sites is 1. The summed E-state index contributed by atoms with van der Waals surface area (Å²) in [4.78, 5) is 38.6. The molecular weight excluding hydrogens is 332 g/mol. The maximum Gasteiger partial charge on any atom is 0.321 e. The lowest BCUT2D eigenvalue weighted by atomic mass is 9.84. The van der Waals surface area contributed by atoms with Gasteiger partial charge in [0.25, 0.3) is 5.91 Å². The summed E-state index contributed by atoms with van der Waals surface area (Å²) in [6.45, 7) is 0.408. The average Bonchev–Trinajstić information content (AvgIpc) is 2.98. The fourth-order valence-electron chi connectivity index (χ4n) is 3.85. The van der Waals surface area contributed by atoms with E-state index in [0.29, 0.717) is 29.2 Å². The van der Waals surface area contributed by atoms with Crippen molar-refractivity contribution >= 4 is 29.1 Å². The molecule has 3 aliphatic heterocycles. The molecule has 1 N–H and O–H groups in total. The van der Waals surface area contributed by atoms with Gasteiger partial charge in [0, 0.05) is 5.57 Å². The predicted octanol–water partition coefficient (Wildman–Crippen LogP) is 2.53. The first-order valence-corrected chi connectivity index (χ1v) is 8.38. The number of nitrogens with zero attached hydrogens (tertiary/aromatic N) is 1. The molecule has 1 amide bonds. The molecule has 2 aromatic carbocycles. The summed E-state index contributed by atoms with van der Waals surface area (Å²) in [7, 11) is 0. The van der Waals surface area contributed by atoms with E-state index in [4.69, 9.17) is 4.74 Å². The quantitative estimate of drug-likeness (QED) is 0.634. The normalized spacial score (nSPS) is 21.0. The summed E-state index contributed by atoms with van der Waals surface area (Å²) >= 11 is 0. The van der Waals surface area contributed by atoms with Crippen LogP contribution in [0.25, 0.3) is 5.57 Å². The molecular formula is C20H14N2O4. The van der Waals surface area contributed by atoms with Gasteiger partial charge in [0.1, 0.15) is 5.82 Å². The van der Waals surface area contributed by atoms with Gasteiger partial charge in [-0.3, -0.25) is 19.3 Å². The Bertz CT molecular complexity index is 1020. The highest BCUT2D eigenvalue weighted by atomic mass is 16.6. The van der Waals surface area contributed by atoms with E-state index in [1.807, 2.05) is 42.5 Å². The molecule has 0 saturated carbocycles. The van der Waals surface area contributed by atoms with Crippen LogP contribution in [-0.2, 0) is 20.9 Å². The fraction of sp³-hybridized carbons (Fsp3) is 0.150. The van der Waals surface area contributed by atoms with E-state index in [9.17, 15) is 14.4 Å². The zero-order valence-corrected chi connectivity index (χ0v) is 13.7. The summed E-state index contributed by atoms with van der Waals surface area (Å²) < 4.78 is 4.77. The molecule has 26 heavy (non-hydrogen) atoms. The molecule has 2 aromatic rings. The number of esters is 2. The van der Waals surface area contributed by atoms with Crippen LogP contribution >= 0.6 is 0 Å². The van der Waals surface area contributed by atoms with Crippen LogP contribution in [0.3, 0.4) is 0 Å². The SMILES string of the molecule is O=C1CC(C2=C3Nc4ccccc4C(=O)N3Cc3ccccc32)C(=O)O1. The highest BCUT2D eigenvalue weighted by Gasteiger charge is 2.43. The maximum atomic E-state index is 13.0. The van der Waals surface area contributed by atoms with E-state index in [1.165, 1.54) is 0 Å². The monoisotopic (exact) mass is 346 g/mol. The molecule has 3 aliphatic rings. The van der Waals surface area contributed by atoms with Crippen molar-refractivity contribution < 1.29 is 19.1 Å². The molecule has 0 bridgehead atoms. The summed E-state index contributed by atoms with van der Waals surface area (Å²) in [5.41, 5.74) is 3.73. The third-order valence-electron chi connectivity index (χ3n) is 5.03. The van der Waals surface area contributed by atoms with Gasteiger partial charge in [-0.05, 0) is 23.3 Å². The van der Waals surface area contributed by atoms with Crippen molar-refractivity contribution in [3.05, 3.63) is 71.0 Å². The molecule has 1 saturated heterocycles. The Labute approximate surface area is 149 Å². The number of fused-ring (bicyclic) bond motifs is 3. The van der Waals surface area contributed by atoms with Gasteiger partial charge in [-0.25, -0.2) is 0 Å². The van der Waals surface area contributed by atoms with E-state index in [0.717, 1.165) is 11.1 Å². The molecule has 0 aliphatic carbocycles. The van der Waals surface area contributed by atoms with Crippen LogP contribution in [-0.4, -0.2) is 22.7 Å². The number of anilines is 1. The number of cyclic esters (lactones) is 2. The summed E-state index contributed by atoms with van der Waals surface area (Å²) in [5.74, 6) is -1.39. The number of benzene rings is 2. The van der Waals surface area contributed by atoms with Crippen molar-refractivity contribution in [3.8, 4) is 0 Å². The summed E-state index contributed by atoms with van der Waals surface area (Å²) in [6.07, 6.45) is -0.0165. The van der Waals surface area contributed by atoms with Gasteiger partial charge in [-0.15, -0.1) is 0 Å². The Morgan fingerprint density at radius 3 is 2.46 bits per heavy atom. The molecule has 5 rings (SSSR count). The van der Waals surface area contributed by atoms with E-state index < -0.39 is 17.9 Å². The van der Waals surface area contributed by atoms with Gasteiger partial charge in [-0.2, -0.15) is 0 Å². The number of nitrogens with one attached hydrogen (secondary N) is 1. The van der Waals surface area contributed by atoms with Crippen molar-refractivity contribution in [2.45, 2.75) is 13.0 Å². The standard InChI is InChI=1S/C20H14N2O4/c23-16-9-14(20(25)26-16)17-12-6-2-1-5-11(12)10-22-18(17)21-15-8-4-3-7-13(15)19(22)24/h1-8,14,21H,9-10H2. The fourth-order valence-corrected chi connectivity index (χ4v) is 3.85. The van der Waals surface area contributed by atoms with Crippen LogP contribution in [0, 0.1) is 5.92 Å². The largest absolute Gasteiger partial charge is 0.393 e. The van der Waals surface area contributed by atoms with Crippen LogP contribution in [0.1, 0.15) is 27.9 Å². The highest BCUT2D eigenvalue weighted by molar-refractivity contribution is 6.08. The number of rotatable bonds is 1. The lowest BCUT2D eigenvalue weighted by molar-refractivity contribution is -0.152. The Morgan fingerprint density at radius 2 is 1.69 bits per heavy atom. The molecule has 0 radical (unpaired) electrons. The number of amides is 1. The van der Waals surface area contributed by atoms with Crippen molar-refractivity contribution in [1.82, 2.24) is 4.90 Å². The summed E-state index contributed by atoms with van der Waals surface area (Å²) in [6, 6.07) is 14.9. The van der Waals surface area contributed by atoms with Crippen molar-refractivity contribution in [2.24, 2.45) is 5.92 Å². The Hall–Kier alpha value is -3.41. The molecule has 0 spiro atoms. The van der Waals surface area contributed by atoms with Crippen molar-refractivity contribution in [1.29, 1.82) is 0 Å². The lowest BCUT2D eigenvalue weighted by Gasteiger charge is -2.38. The Kier molecular flexibility index (Phi) is 3.03. The average molecular weight is 346 g/mol. The highest BCUT2D eigenvalue weighted by Crippen LogP contribution is 2.43. The topological polar surface area (TPSA) is 75.7 Å². The van der Waals surface area contributed by atoms with Gasteiger partial charge < -0.3 is 10.1 Å². The minimum atomic E-state index is -0.716. The zero-order chi connectivity index (χ0) is 17.8. The molecule has 128 valence electrons. The predicted molar refractivity (Wildman–Crippen MR) is 92.5 cm³/mol. The van der Waals surface area contributed by atoms with Crippen LogP contribution in [0.5, 0.6) is 0 Å². The summed E-state index contributed by atoms with van der Waals surface area (Å²) in [5, 5.41) is 3.30. The third kappa shape index (κ3) is 2.02. The van der Waals surface area contributed by atoms with Crippen molar-refractivity contribution in [3.63, 3.8) is 0 Å². The van der Waals surface area contributed by atoms with Gasteiger partial charge in [0.2, 0.25) is 0 Å². The lowest BCUT2D eigenvalue weighted by Crippen LogP contribution is -2.41. The van der Waals surface area contributed by atoms with Gasteiger partial charge in [0.05, 0.1) is 30.1 Å². The molecule has 0 aromatic heterocycles. The second-order valence-electron chi connectivity index (χ2n) is 6.53. The van der Waals surface area contributed by atoms with Gasteiger partial charge in [-0.1, -0.05) is 36.4 Å². The first-order valence-electron chi connectivity index (χ1n) is 8.38. The number of ether oxygens (including phenoxy) is 1. The molecule has 6 heteroatoms. The molecule has 3 heterocycles. The van der Waals surface area contributed by atoms with E-state index in [-0.39, 0.29) is 12.3 Å². The Morgan fingerprint density at radius 1 is 0.962 bits per heavy atom. The second kappa shape index (κ2) is 5.29. The first-order chi connectivity index (χ1) is 12.6.